The van der Waals surface area contributed by atoms with E-state index in [1.807, 2.05) is 53.9 Å². The van der Waals surface area contributed by atoms with E-state index in [1.54, 1.807) is 6.20 Å². The van der Waals surface area contributed by atoms with Gasteiger partial charge in [0.1, 0.15) is 18.0 Å². The van der Waals surface area contributed by atoms with Gasteiger partial charge in [0, 0.05) is 31.5 Å². The molecule has 1 fully saturated rings. The molecule has 7 heteroatoms. The minimum Gasteiger partial charge on any atom is -0.489 e. The van der Waals surface area contributed by atoms with Gasteiger partial charge in [0.25, 0.3) is 0 Å². The van der Waals surface area contributed by atoms with Crippen molar-refractivity contribution in [3.05, 3.63) is 47.8 Å². The third-order valence-corrected chi connectivity index (χ3v) is 5.23. The van der Waals surface area contributed by atoms with Gasteiger partial charge in [0.05, 0.1) is 18.8 Å². The zero-order chi connectivity index (χ0) is 18.8. The van der Waals surface area contributed by atoms with Crippen LogP contribution < -0.4 is 10.1 Å². The van der Waals surface area contributed by atoms with Crippen LogP contribution in [0.15, 0.2) is 36.5 Å². The van der Waals surface area contributed by atoms with Crippen molar-refractivity contribution in [2.24, 2.45) is 7.05 Å². The summed E-state index contributed by atoms with van der Waals surface area (Å²) in [5, 5.41) is 7.42. The lowest BCUT2D eigenvalue weighted by atomic mass is 10.0. The predicted octanol–water partition coefficient (Wildman–Crippen LogP) is 2.63. The van der Waals surface area contributed by atoms with E-state index >= 15 is 0 Å². The lowest BCUT2D eigenvalue weighted by molar-refractivity contribution is -0.00323. The Balaban J connectivity index is 1.42. The number of nitrogens with one attached hydrogen (secondary N) is 1. The molecule has 2 amide bonds. The number of fused-ring (bicyclic) bond motifs is 1. The van der Waals surface area contributed by atoms with Crippen LogP contribution in [0.3, 0.4) is 0 Å². The second kappa shape index (κ2) is 7.60. The van der Waals surface area contributed by atoms with Crippen LogP contribution in [0.1, 0.15) is 37.1 Å². The molecule has 0 saturated carbocycles. The van der Waals surface area contributed by atoms with Crippen molar-refractivity contribution in [2.45, 2.75) is 44.6 Å². The Morgan fingerprint density at radius 3 is 2.96 bits per heavy atom. The summed E-state index contributed by atoms with van der Waals surface area (Å²) in [5.41, 5.74) is 2.08. The SMILES string of the molecule is CC1CN(C(=O)NC2CCOC(c3ccnn3C)C2)Cc2ccccc2O1. The number of benzene rings is 1. The zero-order valence-corrected chi connectivity index (χ0v) is 15.8. The Morgan fingerprint density at radius 1 is 1.30 bits per heavy atom. The summed E-state index contributed by atoms with van der Waals surface area (Å²) in [4.78, 5) is 14.8. The number of carbonyl (C=O) groups is 1. The van der Waals surface area contributed by atoms with Crippen LogP contribution >= 0.6 is 0 Å². The van der Waals surface area contributed by atoms with Crippen LogP contribution in [0.4, 0.5) is 4.79 Å². The highest BCUT2D eigenvalue weighted by atomic mass is 16.5. The number of para-hydroxylation sites is 1. The van der Waals surface area contributed by atoms with Gasteiger partial charge in [-0.25, -0.2) is 4.79 Å². The minimum atomic E-state index is -0.0451. The van der Waals surface area contributed by atoms with Crippen LogP contribution in [-0.4, -0.2) is 46.0 Å². The Labute approximate surface area is 159 Å². The summed E-state index contributed by atoms with van der Waals surface area (Å²) in [6.45, 7) is 3.74. The fourth-order valence-corrected chi connectivity index (χ4v) is 3.84. The Morgan fingerprint density at radius 2 is 2.15 bits per heavy atom. The molecule has 2 aliphatic rings. The molecule has 1 N–H and O–H groups in total. The molecule has 3 atom stereocenters. The van der Waals surface area contributed by atoms with Crippen molar-refractivity contribution in [3.8, 4) is 5.75 Å². The maximum Gasteiger partial charge on any atom is 0.318 e. The monoisotopic (exact) mass is 370 g/mol. The Bertz CT molecular complexity index is 806. The smallest absolute Gasteiger partial charge is 0.318 e. The Kier molecular flexibility index (Phi) is 5.03. The number of amides is 2. The summed E-state index contributed by atoms with van der Waals surface area (Å²) >= 11 is 0. The third kappa shape index (κ3) is 3.93. The quantitative estimate of drug-likeness (QED) is 0.882. The van der Waals surface area contributed by atoms with Gasteiger partial charge in [-0.3, -0.25) is 4.68 Å². The van der Waals surface area contributed by atoms with Gasteiger partial charge < -0.3 is 19.7 Å². The van der Waals surface area contributed by atoms with Crippen LogP contribution in [-0.2, 0) is 18.3 Å². The van der Waals surface area contributed by atoms with E-state index in [0.29, 0.717) is 19.7 Å². The lowest BCUT2D eigenvalue weighted by Gasteiger charge is -2.32. The fraction of sp³-hybridized carbons (Fsp3) is 0.500. The Hall–Kier alpha value is -2.54. The molecule has 1 aromatic carbocycles. The molecule has 0 radical (unpaired) electrons. The highest BCUT2D eigenvalue weighted by molar-refractivity contribution is 5.74. The third-order valence-electron chi connectivity index (χ3n) is 5.23. The summed E-state index contributed by atoms with van der Waals surface area (Å²) in [6, 6.07) is 9.93. The standard InChI is InChI=1S/C20H26N4O3/c1-14-12-24(13-15-5-3-4-6-18(15)27-14)20(25)22-16-8-10-26-19(11-16)17-7-9-21-23(17)2/h3-7,9,14,16,19H,8,10-13H2,1-2H3,(H,22,25). The summed E-state index contributed by atoms with van der Waals surface area (Å²) in [6.07, 6.45) is 3.26. The van der Waals surface area contributed by atoms with Gasteiger partial charge in [0.2, 0.25) is 0 Å². The number of urea groups is 1. The van der Waals surface area contributed by atoms with Gasteiger partial charge in [0.15, 0.2) is 0 Å². The van der Waals surface area contributed by atoms with Crippen molar-refractivity contribution in [3.63, 3.8) is 0 Å². The molecule has 0 spiro atoms. The number of rotatable bonds is 2. The number of aromatic nitrogens is 2. The molecule has 27 heavy (non-hydrogen) atoms. The van der Waals surface area contributed by atoms with Gasteiger partial charge in [-0.05, 0) is 31.9 Å². The highest BCUT2D eigenvalue weighted by Gasteiger charge is 2.29. The molecule has 144 valence electrons. The summed E-state index contributed by atoms with van der Waals surface area (Å²) < 4.78 is 13.7. The van der Waals surface area contributed by atoms with Crippen molar-refractivity contribution in [1.29, 1.82) is 0 Å². The average Bonchev–Trinajstić information content (AvgIpc) is 3.00. The molecule has 3 unspecified atom stereocenters. The van der Waals surface area contributed by atoms with Crippen LogP contribution in [0.25, 0.3) is 0 Å². The topological polar surface area (TPSA) is 68.6 Å². The van der Waals surface area contributed by atoms with E-state index in [1.165, 1.54) is 0 Å². The first-order chi connectivity index (χ1) is 13.1. The highest BCUT2D eigenvalue weighted by Crippen LogP contribution is 2.28. The molecule has 1 saturated heterocycles. The van der Waals surface area contributed by atoms with Gasteiger partial charge >= 0.3 is 6.03 Å². The number of hydrogen-bond donors (Lipinski definition) is 1. The zero-order valence-electron chi connectivity index (χ0n) is 15.8. The van der Waals surface area contributed by atoms with E-state index in [9.17, 15) is 4.79 Å². The minimum absolute atomic E-state index is 0.0383. The molecule has 0 aliphatic carbocycles. The number of hydrogen-bond acceptors (Lipinski definition) is 4. The van der Waals surface area contributed by atoms with Crippen molar-refractivity contribution < 1.29 is 14.3 Å². The number of nitrogens with zero attached hydrogens (tertiary/aromatic N) is 3. The first-order valence-electron chi connectivity index (χ1n) is 9.49. The van der Waals surface area contributed by atoms with E-state index in [0.717, 1.165) is 29.8 Å². The van der Waals surface area contributed by atoms with Gasteiger partial charge in [-0.1, -0.05) is 18.2 Å². The number of ether oxygens (including phenoxy) is 2. The largest absolute Gasteiger partial charge is 0.489 e. The molecule has 3 heterocycles. The molecule has 1 aromatic heterocycles. The molecule has 0 bridgehead atoms. The van der Waals surface area contributed by atoms with E-state index in [-0.39, 0.29) is 24.3 Å². The number of aryl methyl sites for hydroxylation is 1. The molecular weight excluding hydrogens is 344 g/mol. The first-order valence-corrected chi connectivity index (χ1v) is 9.49. The van der Waals surface area contributed by atoms with Crippen molar-refractivity contribution in [2.75, 3.05) is 13.2 Å². The van der Waals surface area contributed by atoms with Gasteiger partial charge in [-0.2, -0.15) is 5.10 Å². The maximum absolute atomic E-state index is 12.9. The van der Waals surface area contributed by atoms with Crippen LogP contribution in [0.5, 0.6) is 5.75 Å². The second-order valence-electron chi connectivity index (χ2n) is 7.33. The van der Waals surface area contributed by atoms with E-state index in [2.05, 4.69) is 10.4 Å². The summed E-state index contributed by atoms with van der Waals surface area (Å²) in [5.74, 6) is 0.864. The average molecular weight is 370 g/mol. The second-order valence-corrected chi connectivity index (χ2v) is 7.33. The predicted molar refractivity (Wildman–Crippen MR) is 100 cm³/mol. The maximum atomic E-state index is 12.9. The fourth-order valence-electron chi connectivity index (χ4n) is 3.84. The molecule has 4 rings (SSSR count). The molecule has 7 nitrogen and oxygen atoms in total. The number of carbonyl (C=O) groups excluding carboxylic acids is 1. The van der Waals surface area contributed by atoms with Crippen molar-refractivity contribution >= 4 is 6.03 Å². The molecular formula is C20H26N4O3. The van der Waals surface area contributed by atoms with Gasteiger partial charge in [-0.15, -0.1) is 0 Å². The first kappa shape index (κ1) is 17.9. The van der Waals surface area contributed by atoms with E-state index < -0.39 is 0 Å². The van der Waals surface area contributed by atoms with E-state index in [4.69, 9.17) is 9.47 Å². The van der Waals surface area contributed by atoms with Crippen LogP contribution in [0.2, 0.25) is 0 Å². The van der Waals surface area contributed by atoms with Crippen molar-refractivity contribution in [1.82, 2.24) is 20.0 Å². The molecule has 2 aliphatic heterocycles. The molecule has 2 aromatic rings. The lowest BCUT2D eigenvalue weighted by Crippen LogP contribution is -2.48. The normalized spacial score (nSPS) is 25.3. The van der Waals surface area contributed by atoms with Crippen LogP contribution in [0, 0.1) is 0 Å². The summed E-state index contributed by atoms with van der Waals surface area (Å²) in [7, 11) is 1.91.